The number of nitrogens with one attached hydrogen (secondary N) is 1. The summed E-state index contributed by atoms with van der Waals surface area (Å²) in [6.45, 7) is 4.41. The Morgan fingerprint density at radius 2 is 1.87 bits per heavy atom. The summed E-state index contributed by atoms with van der Waals surface area (Å²) in [6, 6.07) is 11.1. The van der Waals surface area contributed by atoms with E-state index in [0.717, 1.165) is 5.56 Å². The van der Waals surface area contributed by atoms with Crippen molar-refractivity contribution in [3.8, 4) is 5.75 Å². The Morgan fingerprint density at radius 1 is 1.13 bits per heavy atom. The summed E-state index contributed by atoms with van der Waals surface area (Å²) in [4.78, 5) is 0.134. The first-order valence-corrected chi connectivity index (χ1v) is 9.50. The van der Waals surface area contributed by atoms with Crippen LogP contribution >= 0.6 is 15.9 Å². The standard InChI is InChI=1S/C17H20BrNO3S/c1-12-4-5-14(13(2)10-12)8-9-19-23(20,21)17-11-15(18)6-7-16(17)22-3/h4-7,10-11,19H,8-9H2,1-3H3. The predicted octanol–water partition coefficient (Wildman–Crippen LogP) is 3.60. The molecule has 0 aliphatic carbocycles. The lowest BCUT2D eigenvalue weighted by Crippen LogP contribution is -2.26. The zero-order valence-electron chi connectivity index (χ0n) is 13.4. The molecule has 0 saturated heterocycles. The highest BCUT2D eigenvalue weighted by Crippen LogP contribution is 2.27. The molecule has 0 saturated carbocycles. The summed E-state index contributed by atoms with van der Waals surface area (Å²) in [5.41, 5.74) is 3.51. The van der Waals surface area contributed by atoms with Crippen LogP contribution in [0.3, 0.4) is 0 Å². The van der Waals surface area contributed by atoms with Crippen LogP contribution in [0.25, 0.3) is 0 Å². The molecule has 0 amide bonds. The molecule has 23 heavy (non-hydrogen) atoms. The minimum absolute atomic E-state index is 0.134. The molecule has 0 spiro atoms. The van der Waals surface area contributed by atoms with Gasteiger partial charge >= 0.3 is 0 Å². The second-order valence-corrected chi connectivity index (χ2v) is 8.02. The van der Waals surface area contributed by atoms with Gasteiger partial charge in [0.2, 0.25) is 10.0 Å². The highest BCUT2D eigenvalue weighted by molar-refractivity contribution is 9.10. The molecule has 2 aromatic rings. The first-order valence-electron chi connectivity index (χ1n) is 7.23. The lowest BCUT2D eigenvalue weighted by molar-refractivity contribution is 0.402. The summed E-state index contributed by atoms with van der Waals surface area (Å²) in [6.07, 6.45) is 0.641. The molecule has 6 heteroatoms. The molecule has 0 unspecified atom stereocenters. The molecule has 0 aliphatic heterocycles. The number of hydrogen-bond donors (Lipinski definition) is 1. The first-order chi connectivity index (χ1) is 10.8. The van der Waals surface area contributed by atoms with Gasteiger partial charge in [-0.05, 0) is 49.6 Å². The fourth-order valence-electron chi connectivity index (χ4n) is 2.38. The normalized spacial score (nSPS) is 11.5. The van der Waals surface area contributed by atoms with Crippen LogP contribution in [0, 0.1) is 13.8 Å². The molecule has 1 N–H and O–H groups in total. The highest BCUT2D eigenvalue weighted by atomic mass is 79.9. The van der Waals surface area contributed by atoms with E-state index in [1.54, 1.807) is 12.1 Å². The maximum Gasteiger partial charge on any atom is 0.244 e. The molecule has 0 bridgehead atoms. The van der Waals surface area contributed by atoms with Crippen LogP contribution in [-0.4, -0.2) is 22.1 Å². The molecule has 4 nitrogen and oxygen atoms in total. The molecule has 0 fully saturated rings. The zero-order valence-corrected chi connectivity index (χ0v) is 15.8. The number of rotatable bonds is 6. The average Bonchev–Trinajstić information content (AvgIpc) is 2.49. The van der Waals surface area contributed by atoms with Crippen molar-refractivity contribution in [2.75, 3.05) is 13.7 Å². The summed E-state index contributed by atoms with van der Waals surface area (Å²) >= 11 is 3.29. The van der Waals surface area contributed by atoms with E-state index >= 15 is 0 Å². The van der Waals surface area contributed by atoms with Gasteiger partial charge in [-0.3, -0.25) is 0 Å². The number of benzene rings is 2. The first kappa shape index (κ1) is 18.0. The number of aryl methyl sites for hydroxylation is 2. The molecule has 0 aromatic heterocycles. The van der Waals surface area contributed by atoms with Crippen molar-refractivity contribution in [2.24, 2.45) is 0 Å². The number of hydrogen-bond acceptors (Lipinski definition) is 3. The molecular formula is C17H20BrNO3S. The van der Waals surface area contributed by atoms with Crippen LogP contribution in [0.15, 0.2) is 45.8 Å². The zero-order chi connectivity index (χ0) is 17.0. The lowest BCUT2D eigenvalue weighted by atomic mass is 10.0. The van der Waals surface area contributed by atoms with Crippen molar-refractivity contribution >= 4 is 26.0 Å². The topological polar surface area (TPSA) is 55.4 Å². The van der Waals surface area contributed by atoms with Gasteiger partial charge in [0.05, 0.1) is 7.11 Å². The summed E-state index contributed by atoms with van der Waals surface area (Å²) in [7, 11) is -2.17. The van der Waals surface area contributed by atoms with E-state index in [0.29, 0.717) is 23.2 Å². The van der Waals surface area contributed by atoms with Gasteiger partial charge in [0.15, 0.2) is 0 Å². The van der Waals surface area contributed by atoms with E-state index in [4.69, 9.17) is 4.74 Å². The molecule has 124 valence electrons. The third-order valence-electron chi connectivity index (χ3n) is 3.60. The minimum Gasteiger partial charge on any atom is -0.495 e. The molecule has 0 heterocycles. The third kappa shape index (κ3) is 4.56. The monoisotopic (exact) mass is 397 g/mol. The highest BCUT2D eigenvalue weighted by Gasteiger charge is 2.19. The summed E-state index contributed by atoms with van der Waals surface area (Å²) < 4.78 is 33.4. The SMILES string of the molecule is COc1ccc(Br)cc1S(=O)(=O)NCCc1ccc(C)cc1C. The molecule has 0 radical (unpaired) electrons. The summed E-state index contributed by atoms with van der Waals surface area (Å²) in [5.74, 6) is 0.326. The Morgan fingerprint density at radius 3 is 2.52 bits per heavy atom. The molecule has 2 rings (SSSR count). The fourth-order valence-corrected chi connectivity index (χ4v) is 4.12. The van der Waals surface area contributed by atoms with Crippen molar-refractivity contribution in [1.29, 1.82) is 0 Å². The number of methoxy groups -OCH3 is 1. The largest absolute Gasteiger partial charge is 0.495 e. The van der Waals surface area contributed by atoms with Crippen molar-refractivity contribution in [3.05, 3.63) is 57.6 Å². The van der Waals surface area contributed by atoms with Crippen LogP contribution in [0.5, 0.6) is 5.75 Å². The quantitative estimate of drug-likeness (QED) is 0.809. The van der Waals surface area contributed by atoms with Gasteiger partial charge in [0.25, 0.3) is 0 Å². The molecular weight excluding hydrogens is 378 g/mol. The smallest absolute Gasteiger partial charge is 0.244 e. The summed E-state index contributed by atoms with van der Waals surface area (Å²) in [5, 5.41) is 0. The Bertz CT molecular complexity index is 803. The molecule has 0 atom stereocenters. The van der Waals surface area contributed by atoms with Gasteiger partial charge in [0, 0.05) is 11.0 Å². The van der Waals surface area contributed by atoms with Crippen LogP contribution < -0.4 is 9.46 Å². The van der Waals surface area contributed by atoms with E-state index in [9.17, 15) is 8.42 Å². The van der Waals surface area contributed by atoms with Gasteiger partial charge in [-0.25, -0.2) is 13.1 Å². The van der Waals surface area contributed by atoms with Crippen molar-refractivity contribution in [2.45, 2.75) is 25.2 Å². The van der Waals surface area contributed by atoms with Gasteiger partial charge in [-0.1, -0.05) is 39.7 Å². The maximum absolute atomic E-state index is 12.5. The van der Waals surface area contributed by atoms with E-state index in [1.807, 2.05) is 26.0 Å². The predicted molar refractivity (Wildman–Crippen MR) is 95.5 cm³/mol. The fraction of sp³-hybridized carbons (Fsp3) is 0.294. The Hall–Kier alpha value is -1.37. The van der Waals surface area contributed by atoms with Gasteiger partial charge in [0.1, 0.15) is 10.6 Å². The van der Waals surface area contributed by atoms with Gasteiger partial charge in [-0.15, -0.1) is 0 Å². The van der Waals surface area contributed by atoms with E-state index in [-0.39, 0.29) is 4.90 Å². The van der Waals surface area contributed by atoms with Crippen molar-refractivity contribution in [3.63, 3.8) is 0 Å². The van der Waals surface area contributed by atoms with E-state index in [1.165, 1.54) is 24.3 Å². The van der Waals surface area contributed by atoms with E-state index in [2.05, 4.69) is 26.7 Å². The van der Waals surface area contributed by atoms with Crippen LogP contribution in [0.2, 0.25) is 0 Å². The second kappa shape index (κ2) is 7.47. The number of sulfonamides is 1. The third-order valence-corrected chi connectivity index (χ3v) is 5.58. The van der Waals surface area contributed by atoms with Crippen molar-refractivity contribution < 1.29 is 13.2 Å². The van der Waals surface area contributed by atoms with Crippen LogP contribution in [0.1, 0.15) is 16.7 Å². The average molecular weight is 398 g/mol. The number of ether oxygens (including phenoxy) is 1. The minimum atomic E-state index is -3.62. The van der Waals surface area contributed by atoms with Crippen molar-refractivity contribution in [1.82, 2.24) is 4.72 Å². The van der Waals surface area contributed by atoms with E-state index < -0.39 is 10.0 Å². The molecule has 0 aliphatic rings. The second-order valence-electron chi connectivity index (χ2n) is 5.37. The lowest BCUT2D eigenvalue weighted by Gasteiger charge is -2.12. The Labute approximate surface area is 146 Å². The molecule has 2 aromatic carbocycles. The van der Waals surface area contributed by atoms with Crippen LogP contribution in [0.4, 0.5) is 0 Å². The Kier molecular flexibility index (Phi) is 5.84. The van der Waals surface area contributed by atoms with Gasteiger partial charge < -0.3 is 4.74 Å². The Balaban J connectivity index is 2.12. The van der Waals surface area contributed by atoms with Gasteiger partial charge in [-0.2, -0.15) is 0 Å². The van der Waals surface area contributed by atoms with Crippen LogP contribution in [-0.2, 0) is 16.4 Å². The maximum atomic E-state index is 12.5. The number of halogens is 1.